The molecule has 0 heterocycles. The molecule has 0 saturated carbocycles. The number of rotatable bonds is 17. The van der Waals surface area contributed by atoms with Gasteiger partial charge in [0.2, 0.25) is 0 Å². The number of carbonyl (C=O) groups is 3. The minimum absolute atomic E-state index is 0. The first kappa shape index (κ1) is 39.5. The molecule has 14 heteroatoms. The van der Waals surface area contributed by atoms with Crippen molar-refractivity contribution < 1.29 is 114 Å². The monoisotopic (exact) mass is 506 g/mol. The Balaban J connectivity index is -0.000000106. The maximum Gasteiger partial charge on any atom is 1.00 e. The van der Waals surface area contributed by atoms with E-state index in [4.69, 9.17) is 25.0 Å². The predicted molar refractivity (Wildman–Crippen MR) is 109 cm³/mol. The fourth-order valence-corrected chi connectivity index (χ4v) is 2.80. The van der Waals surface area contributed by atoms with E-state index in [0.717, 1.165) is 12.8 Å². The minimum atomic E-state index is -4.23. The zero-order valence-electron chi connectivity index (χ0n) is 21.3. The SMILES string of the molecule is CCCCCCCCCCCCOS(=O)(=O)O.O=C(O)CC(O)(CC(=O)O)C(=O)O.[H-].[H-].[Na+].[Na+]. The number of carboxylic acid groups (broad SMARTS) is 3. The fourth-order valence-electron chi connectivity index (χ4n) is 2.47. The number of carboxylic acids is 3. The van der Waals surface area contributed by atoms with Gasteiger partial charge in [-0.05, 0) is 6.42 Å². The van der Waals surface area contributed by atoms with Gasteiger partial charge in [-0.3, -0.25) is 14.1 Å². The predicted octanol–water partition coefficient (Wildman–Crippen LogP) is -3.29. The summed E-state index contributed by atoms with van der Waals surface area (Å²) in [6.07, 6.45) is 9.56. The van der Waals surface area contributed by atoms with Crippen molar-refractivity contribution in [3.05, 3.63) is 0 Å². The number of unbranched alkanes of at least 4 members (excludes halogenated alkanes) is 9. The van der Waals surface area contributed by atoms with Crippen molar-refractivity contribution in [2.75, 3.05) is 6.61 Å². The second-order valence-electron chi connectivity index (χ2n) is 6.91. The normalized spacial score (nSPS) is 10.7. The fraction of sp³-hybridized carbons (Fsp3) is 0.833. The first-order valence-electron chi connectivity index (χ1n) is 9.85. The van der Waals surface area contributed by atoms with Gasteiger partial charge in [0, 0.05) is 0 Å². The van der Waals surface area contributed by atoms with E-state index in [1.54, 1.807) is 0 Å². The molecule has 0 radical (unpaired) electrons. The summed E-state index contributed by atoms with van der Waals surface area (Å²) in [5.74, 6) is -5.02. The van der Waals surface area contributed by atoms with Crippen molar-refractivity contribution in [3.63, 3.8) is 0 Å². The molecule has 32 heavy (non-hydrogen) atoms. The summed E-state index contributed by atoms with van der Waals surface area (Å²) in [5.41, 5.74) is -2.74. The maximum absolute atomic E-state index is 10.3. The molecule has 0 aromatic heterocycles. The first-order chi connectivity index (χ1) is 13.8. The Morgan fingerprint density at radius 2 is 1.12 bits per heavy atom. The summed E-state index contributed by atoms with van der Waals surface area (Å²) in [4.78, 5) is 30.5. The Kier molecular flexibility index (Phi) is 28.4. The molecule has 0 atom stereocenters. The third kappa shape index (κ3) is 28.3. The van der Waals surface area contributed by atoms with Crippen LogP contribution in [0.5, 0.6) is 0 Å². The first-order valence-corrected chi connectivity index (χ1v) is 11.2. The van der Waals surface area contributed by atoms with Crippen LogP contribution in [0.1, 0.15) is 86.8 Å². The van der Waals surface area contributed by atoms with Crippen LogP contribution in [0.2, 0.25) is 0 Å². The van der Waals surface area contributed by atoms with Crippen LogP contribution in [-0.4, -0.2) is 63.5 Å². The molecular formula is C18H36Na2O11S. The van der Waals surface area contributed by atoms with E-state index in [2.05, 4.69) is 11.1 Å². The van der Waals surface area contributed by atoms with Gasteiger partial charge < -0.3 is 23.3 Å². The van der Waals surface area contributed by atoms with Crippen LogP contribution in [0.3, 0.4) is 0 Å². The number of aliphatic hydroxyl groups is 1. The molecule has 0 aromatic rings. The van der Waals surface area contributed by atoms with Crippen LogP contribution in [0.25, 0.3) is 0 Å². The van der Waals surface area contributed by atoms with Crippen molar-refractivity contribution in [3.8, 4) is 0 Å². The van der Waals surface area contributed by atoms with E-state index in [-0.39, 0.29) is 68.6 Å². The van der Waals surface area contributed by atoms with Gasteiger partial charge in [0.1, 0.15) is 0 Å². The molecule has 0 bridgehead atoms. The summed E-state index contributed by atoms with van der Waals surface area (Å²) in [6.45, 7) is 2.31. The maximum atomic E-state index is 10.3. The van der Waals surface area contributed by atoms with E-state index >= 15 is 0 Å². The smallest absolute Gasteiger partial charge is 1.00 e. The van der Waals surface area contributed by atoms with Gasteiger partial charge in [-0.25, -0.2) is 8.98 Å². The summed E-state index contributed by atoms with van der Waals surface area (Å²) in [7, 11) is -4.23. The van der Waals surface area contributed by atoms with E-state index in [0.29, 0.717) is 6.42 Å². The minimum Gasteiger partial charge on any atom is -1.00 e. The zero-order valence-corrected chi connectivity index (χ0v) is 24.1. The van der Waals surface area contributed by atoms with Gasteiger partial charge in [-0.15, -0.1) is 0 Å². The van der Waals surface area contributed by atoms with E-state index in [9.17, 15) is 22.8 Å². The second kappa shape index (κ2) is 23.0. The standard InChI is InChI=1S/C12H26O4S.C6H8O7.2Na.2H/c1-2-3-4-5-6-7-8-9-10-11-12-16-17(13,14)15;7-3(8)1-6(13,5(11)12)2-4(9)10;;;;/h2-12H2,1H3,(H,13,14,15);13H,1-2H2,(H,7,8)(H,9,10)(H,11,12);;;;/q;;2*+1;2*-1. The molecule has 182 valence electrons. The molecule has 0 spiro atoms. The van der Waals surface area contributed by atoms with Gasteiger partial charge in [0.15, 0.2) is 5.60 Å². The Morgan fingerprint density at radius 1 is 0.781 bits per heavy atom. The van der Waals surface area contributed by atoms with Crippen LogP contribution in [-0.2, 0) is 29.0 Å². The molecule has 5 N–H and O–H groups in total. The second-order valence-corrected chi connectivity index (χ2v) is 8.00. The molecular weight excluding hydrogens is 470 g/mol. The summed E-state index contributed by atoms with van der Waals surface area (Å²) < 4.78 is 33.0. The molecule has 0 aromatic carbocycles. The summed E-state index contributed by atoms with van der Waals surface area (Å²) in [6, 6.07) is 0. The van der Waals surface area contributed by atoms with Gasteiger partial charge >= 0.3 is 87.4 Å². The Hall–Kier alpha value is 0.240. The molecule has 0 amide bonds. The molecule has 11 nitrogen and oxygen atoms in total. The average molecular weight is 507 g/mol. The van der Waals surface area contributed by atoms with E-state index in [1.807, 2.05) is 0 Å². The van der Waals surface area contributed by atoms with Gasteiger partial charge in [-0.2, -0.15) is 8.42 Å². The molecule has 0 aliphatic rings. The molecule has 0 aliphatic heterocycles. The van der Waals surface area contributed by atoms with Crippen LogP contribution in [0.4, 0.5) is 0 Å². The van der Waals surface area contributed by atoms with Crippen molar-refractivity contribution >= 4 is 28.3 Å². The van der Waals surface area contributed by atoms with Crippen LogP contribution >= 0.6 is 0 Å². The topological polar surface area (TPSA) is 196 Å². The number of hydrogen-bond acceptors (Lipinski definition) is 7. The van der Waals surface area contributed by atoms with Crippen molar-refractivity contribution in [2.45, 2.75) is 89.6 Å². The van der Waals surface area contributed by atoms with Crippen LogP contribution < -0.4 is 59.1 Å². The van der Waals surface area contributed by atoms with Gasteiger partial charge in [0.25, 0.3) is 0 Å². The van der Waals surface area contributed by atoms with Crippen molar-refractivity contribution in [1.29, 1.82) is 0 Å². The quantitative estimate of drug-likeness (QED) is 0.0753. The third-order valence-electron chi connectivity index (χ3n) is 4.02. The van der Waals surface area contributed by atoms with Gasteiger partial charge in [0.05, 0.1) is 19.4 Å². The molecule has 0 fully saturated rings. The van der Waals surface area contributed by atoms with E-state index in [1.165, 1.54) is 44.9 Å². The van der Waals surface area contributed by atoms with E-state index < -0.39 is 46.7 Å². The van der Waals surface area contributed by atoms with Gasteiger partial charge in [-0.1, -0.05) is 64.7 Å². The van der Waals surface area contributed by atoms with Crippen molar-refractivity contribution in [2.24, 2.45) is 0 Å². The molecule has 0 unspecified atom stereocenters. The molecule has 0 saturated heterocycles. The number of aliphatic carboxylic acids is 3. The molecule has 0 aliphatic carbocycles. The Bertz CT molecular complexity index is 607. The Labute approximate surface area is 236 Å². The Morgan fingerprint density at radius 3 is 1.41 bits per heavy atom. The average Bonchev–Trinajstić information content (AvgIpc) is 2.57. The van der Waals surface area contributed by atoms with Crippen molar-refractivity contribution in [1.82, 2.24) is 0 Å². The summed E-state index contributed by atoms with van der Waals surface area (Å²) >= 11 is 0. The number of hydrogen-bond donors (Lipinski definition) is 5. The van der Waals surface area contributed by atoms with Crippen LogP contribution in [0, 0.1) is 0 Å². The molecule has 0 rings (SSSR count). The van der Waals surface area contributed by atoms with Crippen LogP contribution in [0.15, 0.2) is 0 Å². The summed E-state index contributed by atoms with van der Waals surface area (Å²) in [5, 5.41) is 33.8. The zero-order chi connectivity index (χ0) is 23.6. The largest absolute Gasteiger partial charge is 1.00 e. The third-order valence-corrected chi connectivity index (χ3v) is 4.48.